The van der Waals surface area contributed by atoms with Crippen LogP contribution in [-0.2, 0) is 5.44 Å². The van der Waals surface area contributed by atoms with Crippen LogP contribution in [0.15, 0.2) is 29.3 Å². The minimum Gasteiger partial charge on any atom is -0.370 e. The lowest BCUT2D eigenvalue weighted by atomic mass is 9.31. The third kappa shape index (κ3) is 4.97. The smallest absolute Gasteiger partial charge is 0.263 e. The molecular weight excluding hydrogens is 516 g/mol. The Kier molecular flexibility index (Phi) is 7.23. The van der Waals surface area contributed by atoms with Crippen LogP contribution in [0.1, 0.15) is 35.7 Å². The molecule has 18 heteroatoms. The van der Waals surface area contributed by atoms with E-state index in [1.54, 1.807) is 10.8 Å². The topological polar surface area (TPSA) is 105 Å². The number of carbonyl (C=O) groups is 1. The minimum absolute atomic E-state index is 0.0210. The van der Waals surface area contributed by atoms with Gasteiger partial charge in [-0.2, -0.15) is 4.98 Å². The molecule has 1 saturated heterocycles. The fourth-order valence-corrected chi connectivity index (χ4v) is 7.78. The van der Waals surface area contributed by atoms with Crippen LogP contribution in [0.5, 0.6) is 0 Å². The highest BCUT2D eigenvalue weighted by Gasteiger charge is 2.57. The predicted octanol–water partition coefficient (Wildman–Crippen LogP) is -6.46. The number of aryl methyl sites for hydroxylation is 1. The number of carbonyl (C=O) groups excluding carboxylic acids is 1. The molecule has 0 amide bonds. The summed E-state index contributed by atoms with van der Waals surface area (Å²) in [5, 5.41) is 7.22. The molecule has 0 bridgehead atoms. The van der Waals surface area contributed by atoms with Crippen LogP contribution in [0.3, 0.4) is 0 Å². The first-order valence-corrected chi connectivity index (χ1v) is 15.0. The maximum Gasteiger partial charge on any atom is 0.263 e. The number of hydrogen-bond acceptors (Lipinski definition) is 8. The highest BCUT2D eigenvalue weighted by molar-refractivity contribution is 6.52. The lowest BCUT2D eigenvalue weighted by Crippen LogP contribution is -2.73. The molecule has 2 N–H and O–H groups in total. The van der Waals surface area contributed by atoms with Crippen molar-refractivity contribution in [3.63, 3.8) is 0 Å². The van der Waals surface area contributed by atoms with Crippen LogP contribution in [0, 0.1) is 6.92 Å². The lowest BCUT2D eigenvalue weighted by molar-refractivity contribution is 0.101. The number of Topliss-reactive ketones (excluding diaryl/α,β-unsaturated/α-hetero) is 1. The van der Waals surface area contributed by atoms with Crippen molar-refractivity contribution in [3.8, 4) is 0 Å². The van der Waals surface area contributed by atoms with E-state index in [0.717, 1.165) is 31.6 Å². The van der Waals surface area contributed by atoms with E-state index in [4.69, 9.17) is 9.97 Å². The largest absolute Gasteiger partial charge is 0.370 e. The molecule has 4 heterocycles. The Labute approximate surface area is 256 Å². The number of rotatable bonds is 5. The Morgan fingerprint density at radius 1 is 0.929 bits per heavy atom. The van der Waals surface area contributed by atoms with E-state index in [0.29, 0.717) is 28.4 Å². The van der Waals surface area contributed by atoms with Crippen molar-refractivity contribution in [1.29, 1.82) is 0 Å². The summed E-state index contributed by atoms with van der Waals surface area (Å²) in [6, 6.07) is 4.00. The van der Waals surface area contributed by atoms with Crippen LogP contribution >= 0.6 is 0 Å². The van der Waals surface area contributed by atoms with E-state index in [9.17, 15) is 9.59 Å². The Bertz CT molecular complexity index is 1610. The lowest BCUT2D eigenvalue weighted by Gasteiger charge is -2.50. The van der Waals surface area contributed by atoms with Crippen molar-refractivity contribution in [1.82, 2.24) is 24.8 Å². The zero-order valence-electron chi connectivity index (χ0n) is 27.2. The molecule has 3 aromatic heterocycles. The van der Waals surface area contributed by atoms with Gasteiger partial charge in [-0.1, -0.05) is 23.3 Å². The second-order valence-electron chi connectivity index (χ2n) is 15.2. The van der Waals surface area contributed by atoms with Crippen molar-refractivity contribution < 1.29 is 4.79 Å². The molecule has 42 heavy (non-hydrogen) atoms. The third-order valence-corrected chi connectivity index (χ3v) is 10.2. The average molecular weight is 554 g/mol. The molecule has 0 unspecified atom stereocenters. The summed E-state index contributed by atoms with van der Waals surface area (Å²) in [6.07, 6.45) is 5.52. The fraction of sp³-hybridized carbons (Fsp3) is 0.458. The second-order valence-corrected chi connectivity index (χ2v) is 15.2. The quantitative estimate of drug-likeness (QED) is 0.238. The second kappa shape index (κ2) is 9.89. The zero-order valence-corrected chi connectivity index (χ0v) is 27.2. The van der Waals surface area contributed by atoms with Gasteiger partial charge in [0.05, 0.1) is 17.4 Å². The summed E-state index contributed by atoms with van der Waals surface area (Å²) in [5.74, 6) is 0.728. The first-order valence-electron chi connectivity index (χ1n) is 15.0. The van der Waals surface area contributed by atoms with Gasteiger partial charge in [0.25, 0.3) is 5.56 Å². The molecule has 208 valence electrons. The number of ketones is 1. The molecule has 0 radical (unpaired) electrons. The molecule has 0 spiro atoms. The van der Waals surface area contributed by atoms with Gasteiger partial charge in [0.2, 0.25) is 5.95 Å². The molecular formula is C24H38B9N7O2. The molecule has 1 aliphatic heterocycles. The van der Waals surface area contributed by atoms with Gasteiger partial charge in [-0.15, -0.1) is 0 Å². The van der Waals surface area contributed by atoms with E-state index >= 15 is 0 Å². The van der Waals surface area contributed by atoms with Gasteiger partial charge in [0, 0.05) is 30.1 Å². The standard InChI is InChI=1S/C24H38B9N7O2/c1-11-14-8-35-19(36-15-4-3-13(7-34-15)39-9-22(29,30)38-23(31,32)10-39)37-17(14)40(18(42)16(11)12(2)41)24(33)20(25,26)5-6-21(24,27)28/h3-4,7-8,38H,5-6,9-10,25-33H2,1-2H3,(H,34,35,36,37). The number of pyridine rings is 2. The summed E-state index contributed by atoms with van der Waals surface area (Å²) in [5.41, 5.74) is 1.54. The molecule has 2 aliphatic rings. The summed E-state index contributed by atoms with van der Waals surface area (Å²) < 4.78 is 1.80. The highest BCUT2D eigenvalue weighted by Crippen LogP contribution is 2.62. The molecule has 2 fully saturated rings. The Balaban J connectivity index is 1.58. The summed E-state index contributed by atoms with van der Waals surface area (Å²) in [6.45, 7) is 5.03. The molecule has 3 aromatic rings. The van der Waals surface area contributed by atoms with E-state index in [2.05, 4.69) is 97.2 Å². The van der Waals surface area contributed by atoms with Crippen LogP contribution in [0.2, 0.25) is 10.4 Å². The van der Waals surface area contributed by atoms with Crippen LogP contribution in [0.4, 0.5) is 17.5 Å². The van der Waals surface area contributed by atoms with Gasteiger partial charge in [0.1, 0.15) is 82.1 Å². The molecule has 1 aliphatic carbocycles. The van der Waals surface area contributed by atoms with Crippen molar-refractivity contribution >= 4 is 105 Å². The van der Waals surface area contributed by atoms with Crippen molar-refractivity contribution in [2.75, 3.05) is 23.3 Å². The molecule has 0 atom stereocenters. The predicted molar refractivity (Wildman–Crippen MR) is 196 cm³/mol. The number of hydrogen-bond donors (Lipinski definition) is 2. The highest BCUT2D eigenvalue weighted by atomic mass is 16.1. The van der Waals surface area contributed by atoms with Crippen LogP contribution in [-0.4, -0.2) is 120 Å². The number of aromatic nitrogens is 4. The monoisotopic (exact) mass is 555 g/mol. The van der Waals surface area contributed by atoms with Crippen molar-refractivity contribution in [3.05, 3.63) is 46.0 Å². The Morgan fingerprint density at radius 3 is 2.05 bits per heavy atom. The molecule has 0 aromatic carbocycles. The Morgan fingerprint density at radius 2 is 1.52 bits per heavy atom. The number of nitrogens with zero attached hydrogens (tertiary/aromatic N) is 5. The summed E-state index contributed by atoms with van der Waals surface area (Å²) in [4.78, 5) is 43.6. The average Bonchev–Trinajstić information content (AvgIpc) is 3.01. The van der Waals surface area contributed by atoms with Gasteiger partial charge in [-0.3, -0.25) is 14.2 Å². The van der Waals surface area contributed by atoms with Crippen LogP contribution < -0.4 is 21.1 Å². The number of anilines is 3. The van der Waals surface area contributed by atoms with Gasteiger partial charge in [-0.25, -0.2) is 9.97 Å². The van der Waals surface area contributed by atoms with E-state index < -0.39 is 5.44 Å². The van der Waals surface area contributed by atoms with Crippen molar-refractivity contribution in [2.24, 2.45) is 0 Å². The number of piperazine rings is 1. The number of nitrogens with one attached hydrogen (secondary N) is 2. The SMILES string of the molecule is BC1(B)CN(c2ccc(Nc3ncc4c(C)c(C(C)=O)c(=O)n(C5(B)C(B)(B)CCC5(B)B)c4n3)nc2)CC(B)(B)N1. The van der Waals surface area contributed by atoms with E-state index in [1.807, 2.05) is 19.2 Å². The third-order valence-electron chi connectivity index (χ3n) is 10.2. The summed E-state index contributed by atoms with van der Waals surface area (Å²) >= 11 is 0. The maximum atomic E-state index is 14.2. The van der Waals surface area contributed by atoms with Gasteiger partial charge < -0.3 is 15.5 Å². The van der Waals surface area contributed by atoms with Gasteiger partial charge >= 0.3 is 0 Å². The fourth-order valence-electron chi connectivity index (χ4n) is 7.78. The number of fused-ring (bicyclic) bond motifs is 1. The van der Waals surface area contributed by atoms with Gasteiger partial charge in [-0.05, 0) is 42.2 Å². The zero-order chi connectivity index (χ0) is 31.0. The first-order chi connectivity index (χ1) is 19.3. The van der Waals surface area contributed by atoms with E-state index in [-0.39, 0.29) is 38.0 Å². The molecule has 1 saturated carbocycles. The van der Waals surface area contributed by atoms with E-state index in [1.165, 1.54) is 6.92 Å². The van der Waals surface area contributed by atoms with Crippen LogP contribution in [0.25, 0.3) is 11.0 Å². The van der Waals surface area contributed by atoms with Crippen molar-refractivity contribution in [2.45, 2.75) is 53.2 Å². The molecule has 9 nitrogen and oxygen atoms in total. The maximum absolute atomic E-state index is 14.2. The molecule has 5 rings (SSSR count). The normalized spacial score (nSPS) is 21.6. The first kappa shape index (κ1) is 30.7. The summed E-state index contributed by atoms with van der Waals surface area (Å²) in [7, 11) is 19.9. The minimum atomic E-state index is -0.594. The van der Waals surface area contributed by atoms with Gasteiger partial charge in [0.15, 0.2) is 5.78 Å². The Hall–Kier alpha value is -2.75.